The molecule has 0 bridgehead atoms. The summed E-state index contributed by atoms with van der Waals surface area (Å²) in [5, 5.41) is 0. The molecule has 2 rings (SSSR count). The van der Waals surface area contributed by atoms with Crippen molar-refractivity contribution in [2.24, 2.45) is 17.8 Å². The van der Waals surface area contributed by atoms with E-state index >= 15 is 0 Å². The number of hydrogen-bond donors (Lipinski definition) is 0. The van der Waals surface area contributed by atoms with E-state index in [0.717, 1.165) is 17.8 Å². The molecule has 2 unspecified atom stereocenters. The van der Waals surface area contributed by atoms with Crippen molar-refractivity contribution >= 4 is 0 Å². The molecule has 0 N–H and O–H groups in total. The van der Waals surface area contributed by atoms with Crippen LogP contribution in [-0.2, 0) is 0 Å². The van der Waals surface area contributed by atoms with Crippen LogP contribution in [0.1, 0.15) is 51.9 Å². The monoisotopic (exact) mass is 178 g/mol. The highest BCUT2D eigenvalue weighted by Gasteiger charge is 2.33. The average Bonchev–Trinajstić information content (AvgIpc) is 2.66. The third-order valence-electron chi connectivity index (χ3n) is 3.67. The van der Waals surface area contributed by atoms with Gasteiger partial charge in [-0.25, -0.2) is 0 Å². The lowest BCUT2D eigenvalue weighted by atomic mass is 10.1. The van der Waals surface area contributed by atoms with E-state index in [1.165, 1.54) is 44.9 Å². The maximum Gasteiger partial charge on any atom is -0.0202 e. The second kappa shape index (κ2) is 4.30. The summed E-state index contributed by atoms with van der Waals surface area (Å²) in [7, 11) is 0. The summed E-state index contributed by atoms with van der Waals surface area (Å²) in [5.41, 5.74) is 0. The van der Waals surface area contributed by atoms with Crippen molar-refractivity contribution in [1.82, 2.24) is 0 Å². The molecule has 0 radical (unpaired) electrons. The van der Waals surface area contributed by atoms with Crippen LogP contribution in [0.2, 0.25) is 0 Å². The van der Waals surface area contributed by atoms with Gasteiger partial charge in [0.25, 0.3) is 0 Å². The molecule has 0 amide bonds. The minimum absolute atomic E-state index is 0.947. The van der Waals surface area contributed by atoms with Crippen LogP contribution in [0.15, 0.2) is 12.2 Å². The lowest BCUT2D eigenvalue weighted by Crippen LogP contribution is -1.86. The first-order valence-electron chi connectivity index (χ1n) is 6.08. The van der Waals surface area contributed by atoms with Gasteiger partial charge in [0.15, 0.2) is 0 Å². The predicted molar refractivity (Wildman–Crippen MR) is 57.6 cm³/mol. The van der Waals surface area contributed by atoms with Crippen molar-refractivity contribution in [3.8, 4) is 0 Å². The fourth-order valence-corrected chi connectivity index (χ4v) is 2.66. The third-order valence-corrected chi connectivity index (χ3v) is 3.67. The van der Waals surface area contributed by atoms with Gasteiger partial charge in [0.2, 0.25) is 0 Å². The van der Waals surface area contributed by atoms with Gasteiger partial charge in [0, 0.05) is 0 Å². The zero-order chi connectivity index (χ0) is 9.10. The van der Waals surface area contributed by atoms with Gasteiger partial charge < -0.3 is 0 Å². The Hall–Kier alpha value is -0.260. The minimum Gasteiger partial charge on any atom is -0.0851 e. The van der Waals surface area contributed by atoms with Crippen LogP contribution in [-0.4, -0.2) is 0 Å². The van der Waals surface area contributed by atoms with Gasteiger partial charge in [0.05, 0.1) is 0 Å². The van der Waals surface area contributed by atoms with Crippen LogP contribution >= 0.6 is 0 Å². The van der Waals surface area contributed by atoms with Gasteiger partial charge in [-0.1, -0.05) is 44.8 Å². The Bertz CT molecular complexity index is 174. The topological polar surface area (TPSA) is 0 Å². The predicted octanol–water partition coefficient (Wildman–Crippen LogP) is 4.17. The van der Waals surface area contributed by atoms with Crippen molar-refractivity contribution in [3.05, 3.63) is 12.2 Å². The average molecular weight is 178 g/mol. The molecule has 0 spiro atoms. The van der Waals surface area contributed by atoms with Gasteiger partial charge in [-0.15, -0.1) is 0 Å². The molecular formula is C13H22. The van der Waals surface area contributed by atoms with Gasteiger partial charge >= 0.3 is 0 Å². The van der Waals surface area contributed by atoms with Crippen LogP contribution in [0.3, 0.4) is 0 Å². The Morgan fingerprint density at radius 3 is 2.62 bits per heavy atom. The maximum atomic E-state index is 2.52. The van der Waals surface area contributed by atoms with E-state index in [4.69, 9.17) is 0 Å². The summed E-state index contributed by atoms with van der Waals surface area (Å²) in [4.78, 5) is 0. The van der Waals surface area contributed by atoms with Crippen molar-refractivity contribution < 1.29 is 0 Å². The Labute approximate surface area is 82.4 Å². The molecular weight excluding hydrogens is 156 g/mol. The van der Waals surface area contributed by atoms with Gasteiger partial charge in [-0.05, 0) is 37.0 Å². The molecule has 0 aromatic carbocycles. The van der Waals surface area contributed by atoms with Crippen molar-refractivity contribution in [1.29, 1.82) is 0 Å². The smallest absolute Gasteiger partial charge is 0.0202 e. The summed E-state index contributed by atoms with van der Waals surface area (Å²) in [6.07, 6.45) is 15.2. The number of allylic oxidation sites excluding steroid dienone is 2. The molecule has 0 heteroatoms. The van der Waals surface area contributed by atoms with E-state index in [9.17, 15) is 0 Å². The third kappa shape index (κ3) is 2.59. The molecule has 2 atom stereocenters. The first kappa shape index (κ1) is 9.30. The van der Waals surface area contributed by atoms with Crippen LogP contribution < -0.4 is 0 Å². The summed E-state index contributed by atoms with van der Waals surface area (Å²) in [6.45, 7) is 2.30. The summed E-state index contributed by atoms with van der Waals surface area (Å²) < 4.78 is 0. The highest BCUT2D eigenvalue weighted by atomic mass is 14.4. The van der Waals surface area contributed by atoms with Crippen LogP contribution in [0.4, 0.5) is 0 Å². The molecule has 0 aromatic rings. The second-order valence-corrected chi connectivity index (χ2v) is 4.88. The molecule has 2 saturated carbocycles. The first-order chi connectivity index (χ1) is 6.40. The molecule has 0 heterocycles. The highest BCUT2D eigenvalue weighted by Crippen LogP contribution is 2.43. The fourth-order valence-electron chi connectivity index (χ4n) is 2.66. The Morgan fingerprint density at radius 2 is 1.92 bits per heavy atom. The number of hydrogen-bond acceptors (Lipinski definition) is 0. The van der Waals surface area contributed by atoms with E-state index in [1.54, 1.807) is 0 Å². The maximum absolute atomic E-state index is 2.52. The quantitative estimate of drug-likeness (QED) is 0.567. The normalized spacial score (nSPS) is 34.5. The van der Waals surface area contributed by atoms with Crippen LogP contribution in [0, 0.1) is 17.8 Å². The van der Waals surface area contributed by atoms with E-state index < -0.39 is 0 Å². The lowest BCUT2D eigenvalue weighted by molar-refractivity contribution is 0.662. The first-order valence-corrected chi connectivity index (χ1v) is 6.08. The second-order valence-electron chi connectivity index (χ2n) is 4.88. The Balaban J connectivity index is 1.67. The fraction of sp³-hybridized carbons (Fsp3) is 0.846. The number of rotatable bonds is 4. The molecule has 2 aliphatic carbocycles. The molecule has 0 nitrogen and oxygen atoms in total. The Kier molecular flexibility index (Phi) is 3.08. The summed E-state index contributed by atoms with van der Waals surface area (Å²) >= 11 is 0. The standard InChI is InChI=1S/C13H22/c1-2-5-12-10-13(12)9-8-11-6-3-4-7-11/h8-9,11-13H,2-7,10H2,1H3/b9-8+. The van der Waals surface area contributed by atoms with Crippen LogP contribution in [0.5, 0.6) is 0 Å². The van der Waals surface area contributed by atoms with E-state index in [-0.39, 0.29) is 0 Å². The summed E-state index contributed by atoms with van der Waals surface area (Å²) in [5.74, 6) is 2.98. The van der Waals surface area contributed by atoms with Crippen molar-refractivity contribution in [3.63, 3.8) is 0 Å². The zero-order valence-corrected chi connectivity index (χ0v) is 8.84. The van der Waals surface area contributed by atoms with Gasteiger partial charge in [-0.2, -0.15) is 0 Å². The van der Waals surface area contributed by atoms with E-state index in [2.05, 4.69) is 19.1 Å². The van der Waals surface area contributed by atoms with Gasteiger partial charge in [-0.3, -0.25) is 0 Å². The Morgan fingerprint density at radius 1 is 1.15 bits per heavy atom. The molecule has 2 aliphatic rings. The molecule has 74 valence electrons. The SMILES string of the molecule is CCCC1CC1/C=C/C1CCCC1. The van der Waals surface area contributed by atoms with Crippen molar-refractivity contribution in [2.45, 2.75) is 51.9 Å². The summed E-state index contributed by atoms with van der Waals surface area (Å²) in [6, 6.07) is 0. The zero-order valence-electron chi connectivity index (χ0n) is 8.84. The molecule has 0 saturated heterocycles. The lowest BCUT2D eigenvalue weighted by Gasteiger charge is -1.99. The highest BCUT2D eigenvalue weighted by molar-refractivity contribution is 5.04. The molecule has 0 aromatic heterocycles. The van der Waals surface area contributed by atoms with Crippen LogP contribution in [0.25, 0.3) is 0 Å². The van der Waals surface area contributed by atoms with E-state index in [1.807, 2.05) is 0 Å². The van der Waals surface area contributed by atoms with Gasteiger partial charge in [0.1, 0.15) is 0 Å². The van der Waals surface area contributed by atoms with Crippen molar-refractivity contribution in [2.75, 3.05) is 0 Å². The minimum atomic E-state index is 0.947. The molecule has 2 fully saturated rings. The van der Waals surface area contributed by atoms with E-state index in [0.29, 0.717) is 0 Å². The molecule has 13 heavy (non-hydrogen) atoms. The molecule has 0 aliphatic heterocycles. The largest absolute Gasteiger partial charge is 0.0851 e.